The Balaban J connectivity index is 1.36. The molecule has 0 spiro atoms. The molecule has 0 amide bonds. The summed E-state index contributed by atoms with van der Waals surface area (Å²) in [5.74, 6) is 0.587. The number of nitrogens with one attached hydrogen (secondary N) is 3. The van der Waals surface area contributed by atoms with Crippen molar-refractivity contribution < 1.29 is 27.2 Å². The van der Waals surface area contributed by atoms with Crippen LogP contribution in [0.3, 0.4) is 0 Å². The summed E-state index contributed by atoms with van der Waals surface area (Å²) in [6.45, 7) is 3.15. The highest BCUT2D eigenvalue weighted by atomic mass is 31.2. The number of aromatic nitrogens is 3. The smallest absolute Gasteiger partial charge is 0.418 e. The third-order valence-corrected chi connectivity index (χ3v) is 10.2. The maximum Gasteiger partial charge on any atom is 0.418 e. The average Bonchev–Trinajstić information content (AvgIpc) is 3.34. The minimum absolute atomic E-state index is 0.0392. The molecule has 2 saturated heterocycles. The number of rotatable bonds is 6. The molecular formula is C24H30F3N6O3P. The van der Waals surface area contributed by atoms with E-state index in [2.05, 4.69) is 30.5 Å². The van der Waals surface area contributed by atoms with Crippen molar-refractivity contribution in [1.82, 2.24) is 19.9 Å². The fourth-order valence-electron chi connectivity index (χ4n) is 5.13. The second-order valence-electron chi connectivity index (χ2n) is 9.30. The number of ether oxygens (including phenoxy) is 2. The van der Waals surface area contributed by atoms with Crippen molar-refractivity contribution in [3.8, 4) is 5.75 Å². The standard InChI is InChI=1S/C24H30F3N6O3P/c1-28-21-20-17(24(25,26)27)14-29-22(20)32-23(31-21)30-18-4-3-16(13-19(18)35-2)37(34)11-7-33(8-12-37)15-5-9-36-10-6-15/h3-4,13-15H,5-12H2,1-2H3,(H3,28,29,30,31,32). The number of H-pyrrole nitrogens is 1. The molecule has 0 aliphatic carbocycles. The van der Waals surface area contributed by atoms with Gasteiger partial charge in [0.2, 0.25) is 5.95 Å². The van der Waals surface area contributed by atoms with E-state index in [0.29, 0.717) is 29.8 Å². The molecule has 2 fully saturated rings. The first-order valence-corrected chi connectivity index (χ1v) is 14.3. The minimum Gasteiger partial charge on any atom is -0.495 e. The quantitative estimate of drug-likeness (QED) is 0.400. The Labute approximate surface area is 212 Å². The Morgan fingerprint density at radius 2 is 1.92 bits per heavy atom. The van der Waals surface area contributed by atoms with Crippen molar-refractivity contribution in [1.29, 1.82) is 0 Å². The normalized spacial score (nSPS) is 19.2. The Morgan fingerprint density at radius 1 is 1.19 bits per heavy atom. The van der Waals surface area contributed by atoms with Crippen LogP contribution < -0.4 is 20.7 Å². The zero-order valence-corrected chi connectivity index (χ0v) is 21.6. The van der Waals surface area contributed by atoms with E-state index in [1.807, 2.05) is 6.07 Å². The van der Waals surface area contributed by atoms with Crippen LogP contribution in [-0.4, -0.2) is 78.7 Å². The Kier molecular flexibility index (Phi) is 7.08. The van der Waals surface area contributed by atoms with Gasteiger partial charge in [-0.1, -0.05) is 0 Å². The first kappa shape index (κ1) is 25.8. The number of hydrogen-bond acceptors (Lipinski definition) is 8. The van der Waals surface area contributed by atoms with Crippen LogP contribution in [0, 0.1) is 0 Å². The van der Waals surface area contributed by atoms with Gasteiger partial charge in [0.25, 0.3) is 0 Å². The van der Waals surface area contributed by atoms with E-state index in [0.717, 1.165) is 50.6 Å². The van der Waals surface area contributed by atoms with Crippen molar-refractivity contribution in [2.45, 2.75) is 25.1 Å². The molecule has 9 nitrogen and oxygen atoms in total. The van der Waals surface area contributed by atoms with E-state index in [9.17, 15) is 17.7 Å². The highest BCUT2D eigenvalue weighted by Crippen LogP contribution is 2.48. The summed E-state index contributed by atoms with van der Waals surface area (Å²) < 4.78 is 65.1. The lowest BCUT2D eigenvalue weighted by Crippen LogP contribution is -2.45. The van der Waals surface area contributed by atoms with Gasteiger partial charge in [-0.05, 0) is 31.0 Å². The number of fused-ring (bicyclic) bond motifs is 1. The van der Waals surface area contributed by atoms with Gasteiger partial charge >= 0.3 is 6.18 Å². The van der Waals surface area contributed by atoms with Crippen LogP contribution >= 0.6 is 7.14 Å². The van der Waals surface area contributed by atoms with Crippen LogP contribution in [0.5, 0.6) is 5.75 Å². The fourth-order valence-corrected chi connectivity index (χ4v) is 7.73. The molecule has 2 aromatic heterocycles. The number of hydrogen-bond donors (Lipinski definition) is 3. The third-order valence-electron chi connectivity index (χ3n) is 7.18. The summed E-state index contributed by atoms with van der Waals surface area (Å²) in [5.41, 5.74) is -0.277. The molecule has 200 valence electrons. The second kappa shape index (κ2) is 10.2. The molecule has 0 saturated carbocycles. The van der Waals surface area contributed by atoms with Crippen LogP contribution in [0.25, 0.3) is 11.0 Å². The lowest BCUT2D eigenvalue weighted by Gasteiger charge is -2.39. The molecule has 4 heterocycles. The summed E-state index contributed by atoms with van der Waals surface area (Å²) in [5, 5.41) is 6.38. The molecule has 3 N–H and O–H groups in total. The largest absolute Gasteiger partial charge is 0.495 e. The predicted octanol–water partition coefficient (Wildman–Crippen LogP) is 4.25. The molecule has 5 rings (SSSR count). The van der Waals surface area contributed by atoms with Crippen molar-refractivity contribution in [3.05, 3.63) is 30.0 Å². The van der Waals surface area contributed by atoms with Gasteiger partial charge in [0.05, 0.1) is 23.7 Å². The summed E-state index contributed by atoms with van der Waals surface area (Å²) in [6, 6.07) is 5.85. The third kappa shape index (κ3) is 5.15. The number of nitrogens with zero attached hydrogens (tertiary/aromatic N) is 3. The molecule has 0 bridgehead atoms. The monoisotopic (exact) mass is 538 g/mol. The molecule has 2 aliphatic heterocycles. The topological polar surface area (TPSA) is 104 Å². The number of halogens is 3. The van der Waals surface area contributed by atoms with Crippen LogP contribution in [0.4, 0.5) is 30.6 Å². The van der Waals surface area contributed by atoms with E-state index in [1.165, 1.54) is 14.2 Å². The summed E-state index contributed by atoms with van der Waals surface area (Å²) in [4.78, 5) is 13.5. The van der Waals surface area contributed by atoms with Crippen molar-refractivity contribution in [2.24, 2.45) is 0 Å². The predicted molar refractivity (Wildman–Crippen MR) is 137 cm³/mol. The maximum absolute atomic E-state index is 13.9. The summed E-state index contributed by atoms with van der Waals surface area (Å²) in [6.07, 6.45) is -0.410. The number of methoxy groups -OCH3 is 1. The van der Waals surface area contributed by atoms with Gasteiger partial charge in [0, 0.05) is 63.2 Å². The maximum atomic E-state index is 13.9. The van der Waals surface area contributed by atoms with E-state index < -0.39 is 18.9 Å². The Hall–Kier alpha value is -2.82. The lowest BCUT2D eigenvalue weighted by atomic mass is 10.1. The molecule has 3 aromatic rings. The van der Waals surface area contributed by atoms with Gasteiger partial charge < -0.3 is 29.7 Å². The van der Waals surface area contributed by atoms with Crippen LogP contribution in [0.2, 0.25) is 0 Å². The molecule has 0 radical (unpaired) electrons. The van der Waals surface area contributed by atoms with Gasteiger partial charge in [-0.2, -0.15) is 23.1 Å². The minimum atomic E-state index is -4.54. The highest BCUT2D eigenvalue weighted by molar-refractivity contribution is 7.71. The summed E-state index contributed by atoms with van der Waals surface area (Å²) >= 11 is 0. The van der Waals surface area contributed by atoms with E-state index in [4.69, 9.17) is 9.47 Å². The van der Waals surface area contributed by atoms with Crippen molar-refractivity contribution in [2.75, 3.05) is 63.4 Å². The zero-order valence-electron chi connectivity index (χ0n) is 20.7. The molecule has 13 heteroatoms. The Bertz CT molecular complexity index is 1310. The lowest BCUT2D eigenvalue weighted by molar-refractivity contribution is -0.136. The zero-order chi connectivity index (χ0) is 26.2. The van der Waals surface area contributed by atoms with Crippen LogP contribution in [0.15, 0.2) is 24.4 Å². The highest BCUT2D eigenvalue weighted by Gasteiger charge is 2.36. The van der Waals surface area contributed by atoms with Crippen LogP contribution in [0.1, 0.15) is 18.4 Å². The number of anilines is 3. The van der Waals surface area contributed by atoms with Gasteiger partial charge in [-0.15, -0.1) is 0 Å². The number of aromatic amines is 1. The second-order valence-corrected chi connectivity index (χ2v) is 12.5. The van der Waals surface area contributed by atoms with Gasteiger partial charge in [0.1, 0.15) is 24.4 Å². The van der Waals surface area contributed by atoms with Gasteiger partial charge in [-0.25, -0.2) is 0 Å². The van der Waals surface area contributed by atoms with Gasteiger partial charge in [-0.3, -0.25) is 4.90 Å². The molecule has 37 heavy (non-hydrogen) atoms. The first-order valence-electron chi connectivity index (χ1n) is 12.2. The van der Waals surface area contributed by atoms with Crippen molar-refractivity contribution >= 4 is 40.9 Å². The molecule has 2 aliphatic rings. The molecular weight excluding hydrogens is 508 g/mol. The van der Waals surface area contributed by atoms with E-state index in [-0.39, 0.29) is 22.8 Å². The van der Waals surface area contributed by atoms with Gasteiger partial charge in [0.15, 0.2) is 0 Å². The molecule has 1 aromatic carbocycles. The fraction of sp³-hybridized carbons (Fsp3) is 0.500. The van der Waals surface area contributed by atoms with E-state index >= 15 is 0 Å². The first-order chi connectivity index (χ1) is 17.7. The summed E-state index contributed by atoms with van der Waals surface area (Å²) in [7, 11) is 0.422. The van der Waals surface area contributed by atoms with Crippen LogP contribution in [-0.2, 0) is 15.5 Å². The molecule has 0 atom stereocenters. The van der Waals surface area contributed by atoms with E-state index in [1.54, 1.807) is 12.1 Å². The number of alkyl halides is 3. The van der Waals surface area contributed by atoms with Crippen molar-refractivity contribution in [3.63, 3.8) is 0 Å². The SMILES string of the molecule is CNc1nc(Nc2ccc(P3(=O)CCN(C4CCOCC4)CC3)cc2OC)nc2[nH]cc(C(F)(F)F)c12. The molecule has 0 unspecified atom stereocenters. The average molecular weight is 539 g/mol. The Morgan fingerprint density at radius 3 is 2.57 bits per heavy atom. The number of benzene rings is 1.